The van der Waals surface area contributed by atoms with Gasteiger partial charge in [0.1, 0.15) is 6.61 Å². The molecule has 0 saturated carbocycles. The zero-order chi connectivity index (χ0) is 13.7. The van der Waals surface area contributed by atoms with Crippen LogP contribution in [0.25, 0.3) is 0 Å². The number of oxime groups is 1. The van der Waals surface area contributed by atoms with Gasteiger partial charge in [-0.25, -0.2) is 0 Å². The number of rotatable bonds is 4. The topological polar surface area (TPSA) is 21.6 Å². The van der Waals surface area contributed by atoms with E-state index < -0.39 is 0 Å². The monoisotopic (exact) mass is 313 g/mol. The van der Waals surface area contributed by atoms with Crippen molar-refractivity contribution >= 4 is 41.0 Å². The summed E-state index contributed by atoms with van der Waals surface area (Å²) in [5.74, 6) is 0. The van der Waals surface area contributed by atoms with Crippen molar-refractivity contribution < 1.29 is 4.84 Å². The van der Waals surface area contributed by atoms with Gasteiger partial charge in [0.05, 0.1) is 6.21 Å². The third-order valence-electron chi connectivity index (χ3n) is 2.38. The summed E-state index contributed by atoms with van der Waals surface area (Å²) in [4.78, 5) is 5.18. The molecule has 0 aromatic heterocycles. The summed E-state index contributed by atoms with van der Waals surface area (Å²) < 4.78 is 0. The maximum Gasteiger partial charge on any atom is 0.143 e. The lowest BCUT2D eigenvalue weighted by Gasteiger charge is -2.03. The van der Waals surface area contributed by atoms with Crippen molar-refractivity contribution in [1.82, 2.24) is 0 Å². The number of hydrogen-bond acceptors (Lipinski definition) is 2. The van der Waals surface area contributed by atoms with Gasteiger partial charge in [0.2, 0.25) is 0 Å². The molecule has 0 aliphatic heterocycles. The standard InChI is InChI=1S/C14H10Cl3NO/c15-12-4-1-10(2-5-12)8-18-19-9-11-3-6-13(16)7-14(11)17/h1-8H,9H2/b18-8+. The zero-order valence-electron chi connectivity index (χ0n) is 9.82. The van der Waals surface area contributed by atoms with E-state index in [9.17, 15) is 0 Å². The molecule has 0 saturated heterocycles. The quantitative estimate of drug-likeness (QED) is 0.561. The van der Waals surface area contributed by atoms with Crippen LogP contribution in [0.5, 0.6) is 0 Å². The van der Waals surface area contributed by atoms with E-state index in [0.29, 0.717) is 21.7 Å². The predicted octanol–water partition coefficient (Wildman–Crippen LogP) is 5.20. The first-order chi connectivity index (χ1) is 9.15. The number of nitrogens with zero attached hydrogens (tertiary/aromatic N) is 1. The Bertz CT molecular complexity index is 582. The molecule has 0 radical (unpaired) electrons. The number of benzene rings is 2. The van der Waals surface area contributed by atoms with Crippen molar-refractivity contribution in [3.8, 4) is 0 Å². The van der Waals surface area contributed by atoms with Crippen LogP contribution in [0.4, 0.5) is 0 Å². The number of hydrogen-bond donors (Lipinski definition) is 0. The Balaban J connectivity index is 1.91. The minimum Gasteiger partial charge on any atom is -0.391 e. The summed E-state index contributed by atoms with van der Waals surface area (Å²) in [6, 6.07) is 12.5. The summed E-state index contributed by atoms with van der Waals surface area (Å²) in [6.07, 6.45) is 1.61. The molecule has 0 fully saturated rings. The molecular weight excluding hydrogens is 305 g/mol. The van der Waals surface area contributed by atoms with Crippen molar-refractivity contribution in [2.24, 2.45) is 5.16 Å². The minimum absolute atomic E-state index is 0.292. The molecule has 0 atom stereocenters. The fourth-order valence-corrected chi connectivity index (χ4v) is 1.98. The van der Waals surface area contributed by atoms with Crippen LogP contribution in [0.2, 0.25) is 15.1 Å². The summed E-state index contributed by atoms with van der Waals surface area (Å²) >= 11 is 17.6. The van der Waals surface area contributed by atoms with Crippen molar-refractivity contribution in [3.63, 3.8) is 0 Å². The van der Waals surface area contributed by atoms with Crippen LogP contribution in [-0.4, -0.2) is 6.21 Å². The van der Waals surface area contributed by atoms with E-state index in [1.165, 1.54) is 0 Å². The van der Waals surface area contributed by atoms with Crippen LogP contribution < -0.4 is 0 Å². The van der Waals surface area contributed by atoms with E-state index in [-0.39, 0.29) is 0 Å². The van der Waals surface area contributed by atoms with Crippen LogP contribution >= 0.6 is 34.8 Å². The normalized spacial score (nSPS) is 10.9. The van der Waals surface area contributed by atoms with Crippen molar-refractivity contribution in [2.45, 2.75) is 6.61 Å². The molecule has 0 aliphatic carbocycles. The van der Waals surface area contributed by atoms with Crippen LogP contribution in [0.1, 0.15) is 11.1 Å². The molecule has 5 heteroatoms. The van der Waals surface area contributed by atoms with Gasteiger partial charge in [-0.15, -0.1) is 0 Å². The second-order valence-electron chi connectivity index (χ2n) is 3.80. The Hall–Kier alpha value is -1.22. The number of halogens is 3. The average molecular weight is 315 g/mol. The molecule has 2 aromatic carbocycles. The highest BCUT2D eigenvalue weighted by Gasteiger charge is 2.01. The predicted molar refractivity (Wildman–Crippen MR) is 80.3 cm³/mol. The first-order valence-corrected chi connectivity index (χ1v) is 6.63. The lowest BCUT2D eigenvalue weighted by atomic mass is 10.2. The van der Waals surface area contributed by atoms with Gasteiger partial charge in [0.15, 0.2) is 0 Å². The second kappa shape index (κ2) is 6.80. The van der Waals surface area contributed by atoms with Gasteiger partial charge in [-0.2, -0.15) is 0 Å². The zero-order valence-corrected chi connectivity index (χ0v) is 12.1. The molecule has 0 spiro atoms. The van der Waals surface area contributed by atoms with Gasteiger partial charge >= 0.3 is 0 Å². The molecule has 0 heterocycles. The summed E-state index contributed by atoms with van der Waals surface area (Å²) in [5, 5.41) is 5.72. The van der Waals surface area contributed by atoms with Gasteiger partial charge in [0, 0.05) is 20.6 Å². The summed E-state index contributed by atoms with van der Waals surface area (Å²) in [7, 11) is 0. The van der Waals surface area contributed by atoms with Crippen LogP contribution in [0, 0.1) is 0 Å². The molecule has 0 bridgehead atoms. The van der Waals surface area contributed by atoms with Crippen molar-refractivity contribution in [1.29, 1.82) is 0 Å². The maximum absolute atomic E-state index is 6.01. The van der Waals surface area contributed by atoms with E-state index in [4.69, 9.17) is 39.6 Å². The van der Waals surface area contributed by atoms with Crippen LogP contribution in [0.15, 0.2) is 47.6 Å². The molecule has 2 rings (SSSR count). The summed E-state index contributed by atoms with van der Waals surface area (Å²) in [6.45, 7) is 0.292. The molecule has 0 unspecified atom stereocenters. The van der Waals surface area contributed by atoms with Crippen LogP contribution in [0.3, 0.4) is 0 Å². The van der Waals surface area contributed by atoms with Gasteiger partial charge in [-0.05, 0) is 29.8 Å². The minimum atomic E-state index is 0.292. The van der Waals surface area contributed by atoms with Crippen molar-refractivity contribution in [2.75, 3.05) is 0 Å². The highest BCUT2D eigenvalue weighted by Crippen LogP contribution is 2.21. The Morgan fingerprint density at radius 3 is 2.32 bits per heavy atom. The van der Waals surface area contributed by atoms with Gasteiger partial charge in [-0.3, -0.25) is 0 Å². The Kier molecular flexibility index (Phi) is 5.08. The molecule has 2 aromatic rings. The molecular formula is C14H10Cl3NO. The Morgan fingerprint density at radius 1 is 0.947 bits per heavy atom. The highest BCUT2D eigenvalue weighted by atomic mass is 35.5. The van der Waals surface area contributed by atoms with E-state index in [1.807, 2.05) is 18.2 Å². The molecule has 0 aliphatic rings. The molecule has 0 amide bonds. The fourth-order valence-electron chi connectivity index (χ4n) is 1.39. The first-order valence-electron chi connectivity index (χ1n) is 5.50. The van der Waals surface area contributed by atoms with E-state index in [0.717, 1.165) is 11.1 Å². The van der Waals surface area contributed by atoms with E-state index in [1.54, 1.807) is 30.5 Å². The smallest absolute Gasteiger partial charge is 0.143 e. The second-order valence-corrected chi connectivity index (χ2v) is 5.08. The van der Waals surface area contributed by atoms with E-state index in [2.05, 4.69) is 5.16 Å². The Morgan fingerprint density at radius 2 is 1.63 bits per heavy atom. The lowest BCUT2D eigenvalue weighted by molar-refractivity contribution is 0.132. The SMILES string of the molecule is Clc1ccc(/C=N/OCc2ccc(Cl)cc2Cl)cc1. The third-order valence-corrected chi connectivity index (χ3v) is 3.22. The highest BCUT2D eigenvalue weighted by molar-refractivity contribution is 6.35. The molecule has 19 heavy (non-hydrogen) atoms. The van der Waals surface area contributed by atoms with Gasteiger partial charge in [0.25, 0.3) is 0 Å². The van der Waals surface area contributed by atoms with Crippen LogP contribution in [-0.2, 0) is 11.4 Å². The lowest BCUT2D eigenvalue weighted by Crippen LogP contribution is -1.89. The Labute approximate surface area is 126 Å². The van der Waals surface area contributed by atoms with Gasteiger partial charge < -0.3 is 4.84 Å². The molecule has 0 N–H and O–H groups in total. The van der Waals surface area contributed by atoms with E-state index >= 15 is 0 Å². The first kappa shape index (κ1) is 14.2. The summed E-state index contributed by atoms with van der Waals surface area (Å²) in [5.41, 5.74) is 1.74. The average Bonchev–Trinajstić information content (AvgIpc) is 2.39. The third kappa shape index (κ3) is 4.43. The largest absolute Gasteiger partial charge is 0.391 e. The van der Waals surface area contributed by atoms with Crippen molar-refractivity contribution in [3.05, 3.63) is 68.7 Å². The van der Waals surface area contributed by atoms with Gasteiger partial charge in [-0.1, -0.05) is 58.2 Å². The maximum atomic E-state index is 6.01. The fraction of sp³-hybridized carbons (Fsp3) is 0.0714. The molecule has 2 nitrogen and oxygen atoms in total. The molecule has 98 valence electrons.